The van der Waals surface area contributed by atoms with Crippen molar-refractivity contribution in [2.75, 3.05) is 0 Å². The highest BCUT2D eigenvalue weighted by molar-refractivity contribution is 9.10. The fourth-order valence-corrected chi connectivity index (χ4v) is 2.48. The summed E-state index contributed by atoms with van der Waals surface area (Å²) in [6.07, 6.45) is 4.69. The van der Waals surface area contributed by atoms with Gasteiger partial charge < -0.3 is 5.73 Å². The van der Waals surface area contributed by atoms with Crippen molar-refractivity contribution in [3.8, 4) is 0 Å². The van der Waals surface area contributed by atoms with Gasteiger partial charge in [0.1, 0.15) is 0 Å². The molecule has 0 fully saturated rings. The number of aromatic nitrogens is 2. The van der Waals surface area contributed by atoms with E-state index in [0.29, 0.717) is 0 Å². The van der Waals surface area contributed by atoms with Crippen molar-refractivity contribution in [3.05, 3.63) is 52.3 Å². The maximum atomic E-state index is 6.28. The minimum absolute atomic E-state index is 0.0536. The van der Waals surface area contributed by atoms with Crippen molar-refractivity contribution in [2.24, 2.45) is 5.73 Å². The number of rotatable bonds is 4. The molecule has 2 aromatic rings. The van der Waals surface area contributed by atoms with E-state index < -0.39 is 0 Å². The van der Waals surface area contributed by atoms with E-state index in [1.165, 1.54) is 11.1 Å². The van der Waals surface area contributed by atoms with Gasteiger partial charge in [0, 0.05) is 12.2 Å². The summed E-state index contributed by atoms with van der Waals surface area (Å²) in [7, 11) is 0. The standard InChI is InChI=1S/C14H18BrN3/c1-3-13(16)14(18-9-11(15)8-17-18)12-7-5-4-6-10(12)2/h4-9,13-14H,3,16H2,1-2H3. The summed E-state index contributed by atoms with van der Waals surface area (Å²) in [5, 5.41) is 4.39. The van der Waals surface area contributed by atoms with Gasteiger partial charge in [0.2, 0.25) is 0 Å². The van der Waals surface area contributed by atoms with Gasteiger partial charge in [-0.2, -0.15) is 5.10 Å². The lowest BCUT2D eigenvalue weighted by molar-refractivity contribution is 0.422. The van der Waals surface area contributed by atoms with Crippen molar-refractivity contribution in [2.45, 2.75) is 32.4 Å². The monoisotopic (exact) mass is 307 g/mol. The molecule has 0 aliphatic carbocycles. The Morgan fingerprint density at radius 1 is 1.39 bits per heavy atom. The van der Waals surface area contributed by atoms with E-state index in [1.807, 2.05) is 16.9 Å². The average Bonchev–Trinajstić information content (AvgIpc) is 2.78. The van der Waals surface area contributed by atoms with E-state index >= 15 is 0 Å². The Kier molecular flexibility index (Phi) is 4.19. The molecule has 4 heteroatoms. The lowest BCUT2D eigenvalue weighted by atomic mass is 9.94. The third kappa shape index (κ3) is 2.65. The van der Waals surface area contributed by atoms with Crippen molar-refractivity contribution >= 4 is 15.9 Å². The van der Waals surface area contributed by atoms with E-state index in [0.717, 1.165) is 10.9 Å². The molecule has 0 aliphatic rings. The summed E-state index contributed by atoms with van der Waals surface area (Å²) in [4.78, 5) is 0. The summed E-state index contributed by atoms with van der Waals surface area (Å²) in [6.45, 7) is 4.22. The molecule has 2 unspecified atom stereocenters. The van der Waals surface area contributed by atoms with Crippen LogP contribution in [0.15, 0.2) is 41.1 Å². The molecule has 0 spiro atoms. The first-order valence-corrected chi connectivity index (χ1v) is 6.93. The van der Waals surface area contributed by atoms with E-state index in [4.69, 9.17) is 5.73 Å². The lowest BCUT2D eigenvalue weighted by Crippen LogP contribution is -2.33. The van der Waals surface area contributed by atoms with Crippen molar-refractivity contribution in [3.63, 3.8) is 0 Å². The fraction of sp³-hybridized carbons (Fsp3) is 0.357. The van der Waals surface area contributed by atoms with E-state index in [2.05, 4.69) is 53.1 Å². The van der Waals surface area contributed by atoms with Gasteiger partial charge >= 0.3 is 0 Å². The Morgan fingerprint density at radius 3 is 2.67 bits per heavy atom. The van der Waals surface area contributed by atoms with Gasteiger partial charge in [0.05, 0.1) is 16.7 Å². The molecule has 2 atom stereocenters. The number of benzene rings is 1. The Hall–Kier alpha value is -1.13. The third-order valence-electron chi connectivity index (χ3n) is 3.24. The number of nitrogens with two attached hydrogens (primary N) is 1. The molecular formula is C14H18BrN3. The molecule has 1 aromatic carbocycles. The molecule has 1 aromatic heterocycles. The second-order valence-electron chi connectivity index (χ2n) is 4.51. The minimum atomic E-state index is 0.0536. The van der Waals surface area contributed by atoms with Crippen LogP contribution in [0.5, 0.6) is 0 Å². The molecule has 2 rings (SSSR count). The highest BCUT2D eigenvalue weighted by Gasteiger charge is 2.22. The predicted octanol–water partition coefficient (Wildman–Crippen LogP) is 3.28. The number of aryl methyl sites for hydroxylation is 1. The molecule has 0 saturated carbocycles. The van der Waals surface area contributed by atoms with Crippen molar-refractivity contribution in [1.82, 2.24) is 9.78 Å². The van der Waals surface area contributed by atoms with Gasteiger partial charge in [-0.15, -0.1) is 0 Å². The van der Waals surface area contributed by atoms with Gasteiger partial charge in [0.15, 0.2) is 0 Å². The maximum absolute atomic E-state index is 6.28. The second-order valence-corrected chi connectivity index (χ2v) is 5.43. The summed E-state index contributed by atoms with van der Waals surface area (Å²) in [6, 6.07) is 8.48. The molecule has 0 radical (unpaired) electrons. The molecule has 3 nitrogen and oxygen atoms in total. The van der Waals surface area contributed by atoms with Gasteiger partial charge in [-0.1, -0.05) is 31.2 Å². The topological polar surface area (TPSA) is 43.8 Å². The quantitative estimate of drug-likeness (QED) is 0.942. The molecule has 0 saturated heterocycles. The highest BCUT2D eigenvalue weighted by Crippen LogP contribution is 2.26. The molecule has 96 valence electrons. The number of hydrogen-bond acceptors (Lipinski definition) is 2. The fourth-order valence-electron chi connectivity index (χ4n) is 2.18. The van der Waals surface area contributed by atoms with Gasteiger partial charge in [-0.25, -0.2) is 0 Å². The van der Waals surface area contributed by atoms with Crippen molar-refractivity contribution < 1.29 is 0 Å². The molecule has 0 aliphatic heterocycles. The van der Waals surface area contributed by atoms with E-state index in [-0.39, 0.29) is 12.1 Å². The summed E-state index contributed by atoms with van der Waals surface area (Å²) in [5.74, 6) is 0. The highest BCUT2D eigenvalue weighted by atomic mass is 79.9. The van der Waals surface area contributed by atoms with Crippen LogP contribution < -0.4 is 5.73 Å². The summed E-state index contributed by atoms with van der Waals surface area (Å²) in [5.41, 5.74) is 8.77. The van der Waals surface area contributed by atoms with E-state index in [9.17, 15) is 0 Å². The van der Waals surface area contributed by atoms with Gasteiger partial charge in [-0.05, 0) is 40.4 Å². The first kappa shape index (κ1) is 13.3. The zero-order valence-electron chi connectivity index (χ0n) is 10.7. The van der Waals surface area contributed by atoms with Crippen LogP contribution in [0.1, 0.15) is 30.5 Å². The maximum Gasteiger partial charge on any atom is 0.0922 e. The average molecular weight is 308 g/mol. The summed E-state index contributed by atoms with van der Waals surface area (Å²) < 4.78 is 2.92. The number of hydrogen-bond donors (Lipinski definition) is 1. The normalized spacial score (nSPS) is 14.4. The lowest BCUT2D eigenvalue weighted by Gasteiger charge is -2.25. The predicted molar refractivity (Wildman–Crippen MR) is 77.5 cm³/mol. The van der Waals surface area contributed by atoms with Crippen LogP contribution in [0.4, 0.5) is 0 Å². The van der Waals surface area contributed by atoms with Crippen LogP contribution in [0.25, 0.3) is 0 Å². The van der Waals surface area contributed by atoms with Crippen LogP contribution >= 0.6 is 15.9 Å². The number of nitrogens with zero attached hydrogens (tertiary/aromatic N) is 2. The van der Waals surface area contributed by atoms with Crippen LogP contribution in [0, 0.1) is 6.92 Å². The molecule has 2 N–H and O–H groups in total. The molecular weight excluding hydrogens is 290 g/mol. The smallest absolute Gasteiger partial charge is 0.0922 e. The van der Waals surface area contributed by atoms with Gasteiger partial charge in [0.25, 0.3) is 0 Å². The summed E-state index contributed by atoms with van der Waals surface area (Å²) >= 11 is 3.44. The second kappa shape index (κ2) is 5.67. The zero-order chi connectivity index (χ0) is 13.1. The largest absolute Gasteiger partial charge is 0.326 e. The van der Waals surface area contributed by atoms with Crippen LogP contribution in [0.2, 0.25) is 0 Å². The Bertz CT molecular complexity index is 521. The first-order chi connectivity index (χ1) is 8.63. The minimum Gasteiger partial charge on any atom is -0.326 e. The van der Waals surface area contributed by atoms with E-state index in [1.54, 1.807) is 6.20 Å². The molecule has 1 heterocycles. The van der Waals surface area contributed by atoms with Gasteiger partial charge in [-0.3, -0.25) is 4.68 Å². The van der Waals surface area contributed by atoms with Crippen molar-refractivity contribution in [1.29, 1.82) is 0 Å². The Labute approximate surface area is 116 Å². The molecule has 0 amide bonds. The number of halogens is 1. The Morgan fingerprint density at radius 2 is 2.11 bits per heavy atom. The molecule has 18 heavy (non-hydrogen) atoms. The third-order valence-corrected chi connectivity index (χ3v) is 3.65. The first-order valence-electron chi connectivity index (χ1n) is 6.14. The SMILES string of the molecule is CCC(N)C(c1ccccc1C)n1cc(Br)cn1. The van der Waals surface area contributed by atoms with Crippen LogP contribution in [0.3, 0.4) is 0 Å². The van der Waals surface area contributed by atoms with Crippen LogP contribution in [-0.4, -0.2) is 15.8 Å². The zero-order valence-corrected chi connectivity index (χ0v) is 12.3. The Balaban J connectivity index is 2.47. The molecule has 0 bridgehead atoms. The van der Waals surface area contributed by atoms with Crippen LogP contribution in [-0.2, 0) is 0 Å².